The molecular weight excluding hydrogens is 265 g/mol. The fraction of sp³-hybridized carbons (Fsp3) is 0.818. The molecule has 2 atom stereocenters. The van der Waals surface area contributed by atoms with Gasteiger partial charge in [0.2, 0.25) is 11.8 Å². The maximum Gasteiger partial charge on any atom is 0.406 e. The first kappa shape index (κ1) is 14.1. The lowest BCUT2D eigenvalue weighted by Crippen LogP contribution is -2.38. The summed E-state index contributed by atoms with van der Waals surface area (Å²) in [4.78, 5) is 25.5. The largest absolute Gasteiger partial charge is 0.406 e. The van der Waals surface area contributed by atoms with Crippen molar-refractivity contribution in [2.75, 3.05) is 26.2 Å². The van der Waals surface area contributed by atoms with Crippen LogP contribution < -0.4 is 0 Å². The Morgan fingerprint density at radius 2 is 2.05 bits per heavy atom. The molecule has 8 heteroatoms. The number of carbonyl (C=O) groups is 2. The summed E-state index contributed by atoms with van der Waals surface area (Å²) in [6, 6.07) is 0. The molecular formula is C11H15F3N2O3. The van der Waals surface area contributed by atoms with Crippen molar-refractivity contribution >= 4 is 11.8 Å². The third-order valence-electron chi connectivity index (χ3n) is 3.41. The first-order valence-corrected chi connectivity index (χ1v) is 6.07. The van der Waals surface area contributed by atoms with Gasteiger partial charge in [0.1, 0.15) is 6.54 Å². The average molecular weight is 280 g/mol. The summed E-state index contributed by atoms with van der Waals surface area (Å²) in [5.41, 5.74) is 0. The number of halogens is 3. The van der Waals surface area contributed by atoms with Gasteiger partial charge in [0.15, 0.2) is 0 Å². The van der Waals surface area contributed by atoms with E-state index in [1.165, 1.54) is 4.90 Å². The molecule has 5 nitrogen and oxygen atoms in total. The molecule has 1 unspecified atom stereocenters. The highest BCUT2D eigenvalue weighted by molar-refractivity contribution is 5.89. The lowest BCUT2D eigenvalue weighted by molar-refractivity contribution is -0.157. The van der Waals surface area contributed by atoms with Crippen LogP contribution in [-0.4, -0.2) is 65.2 Å². The van der Waals surface area contributed by atoms with Crippen molar-refractivity contribution in [2.24, 2.45) is 5.92 Å². The summed E-state index contributed by atoms with van der Waals surface area (Å²) in [5, 5.41) is 9.33. The second-order valence-corrected chi connectivity index (χ2v) is 5.02. The van der Waals surface area contributed by atoms with Gasteiger partial charge in [-0.3, -0.25) is 9.59 Å². The van der Waals surface area contributed by atoms with Crippen LogP contribution in [0.15, 0.2) is 0 Å². The van der Waals surface area contributed by atoms with Crippen LogP contribution in [0.1, 0.15) is 12.8 Å². The Hall–Kier alpha value is -1.31. The molecule has 108 valence electrons. The predicted octanol–water partition coefficient (Wildman–Crippen LogP) is -0.00960. The van der Waals surface area contributed by atoms with E-state index in [0.29, 0.717) is 17.9 Å². The van der Waals surface area contributed by atoms with Crippen LogP contribution in [0.5, 0.6) is 0 Å². The molecule has 2 aliphatic rings. The van der Waals surface area contributed by atoms with Crippen molar-refractivity contribution in [2.45, 2.75) is 25.1 Å². The molecule has 2 amide bonds. The quantitative estimate of drug-likeness (QED) is 0.774. The Kier molecular flexibility index (Phi) is 3.71. The lowest BCUT2D eigenvalue weighted by Gasteiger charge is -2.21. The molecule has 2 fully saturated rings. The van der Waals surface area contributed by atoms with E-state index in [0.717, 1.165) is 0 Å². The molecule has 2 saturated heterocycles. The van der Waals surface area contributed by atoms with Crippen LogP contribution in [-0.2, 0) is 9.59 Å². The minimum atomic E-state index is -4.45. The monoisotopic (exact) mass is 280 g/mol. The predicted molar refractivity (Wildman–Crippen MR) is 57.9 cm³/mol. The molecule has 0 radical (unpaired) electrons. The van der Waals surface area contributed by atoms with Crippen LogP contribution in [0, 0.1) is 5.92 Å². The molecule has 0 aromatic rings. The topological polar surface area (TPSA) is 60.9 Å². The van der Waals surface area contributed by atoms with E-state index < -0.39 is 30.7 Å². The third kappa shape index (κ3) is 3.37. The van der Waals surface area contributed by atoms with Gasteiger partial charge in [-0.1, -0.05) is 0 Å². The van der Waals surface area contributed by atoms with Crippen molar-refractivity contribution in [3.05, 3.63) is 0 Å². The number of rotatable bonds is 2. The van der Waals surface area contributed by atoms with Crippen LogP contribution in [0.25, 0.3) is 0 Å². The number of likely N-dealkylation sites (tertiary alicyclic amines) is 2. The highest BCUT2D eigenvalue weighted by Gasteiger charge is 2.42. The first-order valence-electron chi connectivity index (χ1n) is 6.07. The number of carbonyl (C=O) groups excluding carboxylic acids is 2. The zero-order chi connectivity index (χ0) is 14.2. The SMILES string of the molecule is O=C1CC(C(=O)N2CC[C@H](O)C2)CN1CC(F)(F)F. The number of hydrogen-bond donors (Lipinski definition) is 1. The minimum Gasteiger partial charge on any atom is -0.391 e. The molecule has 1 N–H and O–H groups in total. The van der Waals surface area contributed by atoms with Gasteiger partial charge in [0.05, 0.1) is 12.0 Å². The van der Waals surface area contributed by atoms with Gasteiger partial charge in [-0.25, -0.2) is 0 Å². The van der Waals surface area contributed by atoms with Gasteiger partial charge in [0, 0.05) is 26.1 Å². The van der Waals surface area contributed by atoms with Crippen molar-refractivity contribution in [1.29, 1.82) is 0 Å². The maximum atomic E-state index is 12.2. The normalized spacial score (nSPS) is 28.3. The number of aliphatic hydroxyl groups is 1. The molecule has 0 aliphatic carbocycles. The molecule has 19 heavy (non-hydrogen) atoms. The number of alkyl halides is 3. The number of aliphatic hydroxyl groups excluding tert-OH is 1. The van der Waals surface area contributed by atoms with Gasteiger partial charge >= 0.3 is 6.18 Å². The number of amides is 2. The fourth-order valence-corrected chi connectivity index (χ4v) is 2.51. The van der Waals surface area contributed by atoms with Crippen LogP contribution in [0.3, 0.4) is 0 Å². The molecule has 0 bridgehead atoms. The van der Waals surface area contributed by atoms with Gasteiger partial charge in [-0.2, -0.15) is 13.2 Å². The molecule has 0 spiro atoms. The van der Waals surface area contributed by atoms with Crippen molar-refractivity contribution in [1.82, 2.24) is 9.80 Å². The standard InChI is InChI=1S/C11H15F3N2O3/c12-11(13,14)6-16-4-7(3-9(16)18)10(19)15-2-1-8(17)5-15/h7-8,17H,1-6H2/t7?,8-/m0/s1. The number of nitrogens with zero attached hydrogens (tertiary/aromatic N) is 2. The highest BCUT2D eigenvalue weighted by Crippen LogP contribution is 2.26. The Morgan fingerprint density at radius 1 is 1.37 bits per heavy atom. The fourth-order valence-electron chi connectivity index (χ4n) is 2.51. The van der Waals surface area contributed by atoms with Crippen LogP contribution in [0.4, 0.5) is 13.2 Å². The smallest absolute Gasteiger partial charge is 0.391 e. The molecule has 2 aliphatic heterocycles. The zero-order valence-electron chi connectivity index (χ0n) is 10.2. The van der Waals surface area contributed by atoms with E-state index >= 15 is 0 Å². The molecule has 2 heterocycles. The second-order valence-electron chi connectivity index (χ2n) is 5.02. The number of β-amino-alcohol motifs (C(OH)–C–C–N with tert-alkyl or cyclic N) is 1. The van der Waals surface area contributed by atoms with Crippen molar-refractivity contribution in [3.63, 3.8) is 0 Å². The summed E-state index contributed by atoms with van der Waals surface area (Å²) in [7, 11) is 0. The van der Waals surface area contributed by atoms with Crippen LogP contribution >= 0.6 is 0 Å². The summed E-state index contributed by atoms with van der Waals surface area (Å²) in [6.45, 7) is -0.908. The van der Waals surface area contributed by atoms with E-state index in [9.17, 15) is 27.9 Å². The Balaban J connectivity index is 1.93. The van der Waals surface area contributed by atoms with E-state index in [-0.39, 0.29) is 25.4 Å². The van der Waals surface area contributed by atoms with Crippen molar-refractivity contribution in [3.8, 4) is 0 Å². The summed E-state index contributed by atoms with van der Waals surface area (Å²) >= 11 is 0. The number of hydrogen-bond acceptors (Lipinski definition) is 3. The third-order valence-corrected chi connectivity index (χ3v) is 3.41. The first-order chi connectivity index (χ1) is 8.76. The average Bonchev–Trinajstić information content (AvgIpc) is 2.84. The second kappa shape index (κ2) is 4.99. The van der Waals surface area contributed by atoms with Crippen molar-refractivity contribution < 1.29 is 27.9 Å². The van der Waals surface area contributed by atoms with Gasteiger partial charge in [-0.15, -0.1) is 0 Å². The Morgan fingerprint density at radius 3 is 2.58 bits per heavy atom. The summed E-state index contributed by atoms with van der Waals surface area (Å²) in [5.74, 6) is -1.70. The molecule has 0 saturated carbocycles. The van der Waals surface area contributed by atoms with Gasteiger partial charge < -0.3 is 14.9 Å². The van der Waals surface area contributed by atoms with E-state index in [1.807, 2.05) is 0 Å². The lowest BCUT2D eigenvalue weighted by atomic mass is 10.1. The molecule has 0 aromatic heterocycles. The maximum absolute atomic E-state index is 12.2. The van der Waals surface area contributed by atoms with Gasteiger partial charge in [-0.05, 0) is 6.42 Å². The Labute approximate surface area is 108 Å². The highest BCUT2D eigenvalue weighted by atomic mass is 19.4. The van der Waals surface area contributed by atoms with Crippen LogP contribution in [0.2, 0.25) is 0 Å². The molecule has 0 aromatic carbocycles. The van der Waals surface area contributed by atoms with Gasteiger partial charge in [0.25, 0.3) is 0 Å². The summed E-state index contributed by atoms with van der Waals surface area (Å²) < 4.78 is 36.7. The van der Waals surface area contributed by atoms with E-state index in [1.54, 1.807) is 0 Å². The van der Waals surface area contributed by atoms with E-state index in [2.05, 4.69) is 0 Å². The summed E-state index contributed by atoms with van der Waals surface area (Å²) in [6.07, 6.45) is -4.73. The molecule has 2 rings (SSSR count). The minimum absolute atomic E-state index is 0.179. The Bertz CT molecular complexity index is 386. The zero-order valence-corrected chi connectivity index (χ0v) is 10.2. The van der Waals surface area contributed by atoms with E-state index in [4.69, 9.17) is 0 Å².